The average molecular weight is 421 g/mol. The van der Waals surface area contributed by atoms with Crippen molar-refractivity contribution in [2.24, 2.45) is 5.92 Å². The van der Waals surface area contributed by atoms with Gasteiger partial charge in [0.2, 0.25) is 11.8 Å². The first-order valence-electron chi connectivity index (χ1n) is 10.3. The van der Waals surface area contributed by atoms with Gasteiger partial charge >= 0.3 is 5.97 Å². The van der Waals surface area contributed by atoms with Gasteiger partial charge in [-0.05, 0) is 37.0 Å². The van der Waals surface area contributed by atoms with E-state index >= 15 is 0 Å². The molecule has 1 fully saturated rings. The van der Waals surface area contributed by atoms with Gasteiger partial charge in [-0.3, -0.25) is 14.4 Å². The molecule has 0 bridgehead atoms. The Labute approximate surface area is 178 Å². The second-order valence-corrected chi connectivity index (χ2v) is 7.42. The molecule has 0 N–H and O–H groups in total. The van der Waals surface area contributed by atoms with Crippen LogP contribution in [0.15, 0.2) is 18.2 Å². The molecule has 166 valence electrons. The molecule has 1 saturated heterocycles. The molecule has 30 heavy (non-hydrogen) atoms. The van der Waals surface area contributed by atoms with Crippen LogP contribution in [0, 0.1) is 5.92 Å². The van der Waals surface area contributed by atoms with Crippen LogP contribution in [-0.4, -0.2) is 68.5 Å². The van der Waals surface area contributed by atoms with Gasteiger partial charge in [0.05, 0.1) is 27.2 Å². The third kappa shape index (κ3) is 6.37. The normalized spacial score (nSPS) is 16.0. The standard InChI is InChI=1S/C22H32N2O6/c1-5-7-20(25)23-9-6-8-17(14-23)22(27)24(15-21(26)30-4)13-16-10-18(28-2)12-19(11-16)29-3/h10-12,17H,5-9,13-15H2,1-4H3. The SMILES string of the molecule is CCCC(=O)N1CCCC(C(=O)N(CC(=O)OC)Cc2cc(OC)cc(OC)c2)C1. The number of esters is 1. The Morgan fingerprint density at radius 3 is 2.33 bits per heavy atom. The summed E-state index contributed by atoms with van der Waals surface area (Å²) in [6, 6.07) is 5.35. The van der Waals surface area contributed by atoms with Gasteiger partial charge < -0.3 is 24.0 Å². The fraction of sp³-hybridized carbons (Fsp3) is 0.591. The first kappa shape index (κ1) is 23.5. The molecule has 1 aromatic rings. The number of nitrogens with zero attached hydrogens (tertiary/aromatic N) is 2. The summed E-state index contributed by atoms with van der Waals surface area (Å²) in [5.41, 5.74) is 0.776. The predicted molar refractivity (Wildman–Crippen MR) is 111 cm³/mol. The van der Waals surface area contributed by atoms with Gasteiger partial charge in [0.25, 0.3) is 0 Å². The van der Waals surface area contributed by atoms with E-state index in [2.05, 4.69) is 0 Å². The van der Waals surface area contributed by atoms with E-state index in [1.807, 2.05) is 6.92 Å². The number of piperidine rings is 1. The predicted octanol–water partition coefficient (Wildman–Crippen LogP) is 2.24. The van der Waals surface area contributed by atoms with E-state index < -0.39 is 5.97 Å². The monoisotopic (exact) mass is 420 g/mol. The number of carbonyl (C=O) groups is 3. The number of hydrogen-bond acceptors (Lipinski definition) is 6. The van der Waals surface area contributed by atoms with E-state index in [9.17, 15) is 14.4 Å². The molecule has 1 heterocycles. The van der Waals surface area contributed by atoms with E-state index in [1.54, 1.807) is 37.3 Å². The Balaban J connectivity index is 2.20. The third-order valence-corrected chi connectivity index (χ3v) is 5.23. The second kappa shape index (κ2) is 11.4. The zero-order chi connectivity index (χ0) is 22.1. The lowest BCUT2D eigenvalue weighted by Gasteiger charge is -2.35. The first-order chi connectivity index (χ1) is 14.4. The van der Waals surface area contributed by atoms with Gasteiger partial charge in [-0.25, -0.2) is 0 Å². The number of rotatable bonds is 9. The molecule has 1 aliphatic heterocycles. The quantitative estimate of drug-likeness (QED) is 0.570. The Morgan fingerprint density at radius 2 is 1.77 bits per heavy atom. The fourth-order valence-corrected chi connectivity index (χ4v) is 3.65. The van der Waals surface area contributed by atoms with Gasteiger partial charge in [-0.2, -0.15) is 0 Å². The van der Waals surface area contributed by atoms with E-state index in [-0.39, 0.29) is 30.8 Å². The zero-order valence-corrected chi connectivity index (χ0v) is 18.3. The van der Waals surface area contributed by atoms with Gasteiger partial charge in [0.1, 0.15) is 18.0 Å². The molecule has 0 saturated carbocycles. The third-order valence-electron chi connectivity index (χ3n) is 5.23. The number of amides is 2. The van der Waals surface area contributed by atoms with Crippen molar-refractivity contribution < 1.29 is 28.6 Å². The number of benzene rings is 1. The zero-order valence-electron chi connectivity index (χ0n) is 18.3. The summed E-state index contributed by atoms with van der Waals surface area (Å²) in [4.78, 5) is 40.8. The summed E-state index contributed by atoms with van der Waals surface area (Å²) >= 11 is 0. The van der Waals surface area contributed by atoms with Crippen LogP contribution < -0.4 is 9.47 Å². The molecular formula is C22H32N2O6. The van der Waals surface area contributed by atoms with Gasteiger partial charge in [-0.15, -0.1) is 0 Å². The maximum absolute atomic E-state index is 13.3. The lowest BCUT2D eigenvalue weighted by atomic mass is 9.95. The molecule has 1 aliphatic rings. The van der Waals surface area contributed by atoms with Gasteiger partial charge in [0, 0.05) is 32.1 Å². The molecule has 0 spiro atoms. The number of carbonyl (C=O) groups excluding carboxylic acids is 3. The molecule has 0 aromatic heterocycles. The Hall–Kier alpha value is -2.77. The number of ether oxygens (including phenoxy) is 3. The summed E-state index contributed by atoms with van der Waals surface area (Å²) in [5.74, 6) is 0.292. The minimum absolute atomic E-state index is 0.0760. The molecule has 2 amide bonds. The molecule has 1 aromatic carbocycles. The molecule has 8 heteroatoms. The van der Waals surface area contributed by atoms with Crippen molar-refractivity contribution >= 4 is 17.8 Å². The van der Waals surface area contributed by atoms with Crippen molar-refractivity contribution in [2.45, 2.75) is 39.2 Å². The fourth-order valence-electron chi connectivity index (χ4n) is 3.65. The highest BCUT2D eigenvalue weighted by Gasteiger charge is 2.32. The van der Waals surface area contributed by atoms with Crippen molar-refractivity contribution in [3.05, 3.63) is 23.8 Å². The van der Waals surface area contributed by atoms with Crippen molar-refractivity contribution in [1.29, 1.82) is 0 Å². The van der Waals surface area contributed by atoms with Crippen LogP contribution in [-0.2, 0) is 25.7 Å². The topological polar surface area (TPSA) is 85.4 Å². The number of likely N-dealkylation sites (tertiary alicyclic amines) is 1. The summed E-state index contributed by atoms with van der Waals surface area (Å²) in [6.45, 7) is 3.07. The van der Waals surface area contributed by atoms with E-state index in [1.165, 1.54) is 12.0 Å². The highest BCUT2D eigenvalue weighted by molar-refractivity contribution is 5.85. The Morgan fingerprint density at radius 1 is 1.10 bits per heavy atom. The van der Waals surface area contributed by atoms with Crippen molar-refractivity contribution in [3.63, 3.8) is 0 Å². The van der Waals surface area contributed by atoms with Crippen LogP contribution in [0.4, 0.5) is 0 Å². The maximum atomic E-state index is 13.3. The Kier molecular flexibility index (Phi) is 8.95. The Bertz CT molecular complexity index is 729. The van der Waals surface area contributed by atoms with Gasteiger partial charge in [0.15, 0.2) is 0 Å². The molecule has 1 unspecified atom stereocenters. The largest absolute Gasteiger partial charge is 0.497 e. The van der Waals surface area contributed by atoms with Crippen molar-refractivity contribution in [1.82, 2.24) is 9.80 Å². The van der Waals surface area contributed by atoms with Crippen LogP contribution in [0.2, 0.25) is 0 Å². The van der Waals surface area contributed by atoms with E-state index in [0.717, 1.165) is 18.4 Å². The van der Waals surface area contributed by atoms with Crippen LogP contribution in [0.5, 0.6) is 11.5 Å². The molecule has 0 radical (unpaired) electrons. The minimum atomic E-state index is -0.493. The van der Waals surface area contributed by atoms with Crippen molar-refractivity contribution in [2.75, 3.05) is 41.0 Å². The smallest absolute Gasteiger partial charge is 0.325 e. The lowest BCUT2D eigenvalue weighted by Crippen LogP contribution is -2.47. The highest BCUT2D eigenvalue weighted by atomic mass is 16.5. The van der Waals surface area contributed by atoms with Crippen LogP contribution in [0.3, 0.4) is 0 Å². The minimum Gasteiger partial charge on any atom is -0.497 e. The molecule has 2 rings (SSSR count). The van der Waals surface area contributed by atoms with Crippen molar-refractivity contribution in [3.8, 4) is 11.5 Å². The number of methoxy groups -OCH3 is 3. The molecular weight excluding hydrogens is 388 g/mol. The summed E-state index contributed by atoms with van der Waals surface area (Å²) in [6.07, 6.45) is 2.72. The average Bonchev–Trinajstić information content (AvgIpc) is 2.77. The lowest BCUT2D eigenvalue weighted by molar-refractivity contribution is -0.150. The van der Waals surface area contributed by atoms with E-state index in [4.69, 9.17) is 14.2 Å². The van der Waals surface area contributed by atoms with Crippen LogP contribution in [0.1, 0.15) is 38.2 Å². The molecule has 1 atom stereocenters. The number of hydrogen-bond donors (Lipinski definition) is 0. The molecule has 8 nitrogen and oxygen atoms in total. The highest BCUT2D eigenvalue weighted by Crippen LogP contribution is 2.25. The summed E-state index contributed by atoms with van der Waals surface area (Å²) in [7, 11) is 4.41. The second-order valence-electron chi connectivity index (χ2n) is 7.42. The maximum Gasteiger partial charge on any atom is 0.325 e. The first-order valence-corrected chi connectivity index (χ1v) is 10.3. The summed E-state index contributed by atoms with van der Waals surface area (Å²) < 4.78 is 15.4. The summed E-state index contributed by atoms with van der Waals surface area (Å²) in [5, 5.41) is 0. The van der Waals surface area contributed by atoms with Crippen LogP contribution >= 0.6 is 0 Å². The van der Waals surface area contributed by atoms with E-state index in [0.29, 0.717) is 37.4 Å². The molecule has 0 aliphatic carbocycles. The van der Waals surface area contributed by atoms with Gasteiger partial charge in [-0.1, -0.05) is 6.92 Å². The van der Waals surface area contributed by atoms with Crippen LogP contribution in [0.25, 0.3) is 0 Å².